The van der Waals surface area contributed by atoms with Gasteiger partial charge in [0.1, 0.15) is 5.82 Å². The molecule has 0 radical (unpaired) electrons. The van der Waals surface area contributed by atoms with Crippen LogP contribution in [0.3, 0.4) is 0 Å². The highest BCUT2D eigenvalue weighted by Gasteiger charge is 2.19. The minimum Gasteiger partial charge on any atom is -0.321 e. The van der Waals surface area contributed by atoms with E-state index in [2.05, 4.69) is 9.97 Å². The summed E-state index contributed by atoms with van der Waals surface area (Å²) in [7, 11) is 0. The fraction of sp³-hybridized carbons (Fsp3) is 0. The van der Waals surface area contributed by atoms with Crippen LogP contribution < -0.4 is 5.56 Å². The Morgan fingerprint density at radius 3 is 2.59 bits per heavy atom. The molecule has 2 aromatic heterocycles. The second kappa shape index (κ2) is 7.81. The van der Waals surface area contributed by atoms with E-state index in [9.17, 15) is 14.0 Å². The number of aromatic amines is 1. The molecule has 4 aromatic rings. The lowest BCUT2D eigenvalue weighted by Gasteiger charge is -2.12. The minimum atomic E-state index is -0.533. The third-order valence-corrected chi connectivity index (χ3v) is 4.68. The largest absolute Gasteiger partial charge is 0.321 e. The molecule has 0 spiro atoms. The van der Waals surface area contributed by atoms with E-state index in [1.54, 1.807) is 48.7 Å². The maximum atomic E-state index is 13.5. The van der Waals surface area contributed by atoms with Crippen molar-refractivity contribution in [2.45, 2.75) is 0 Å². The summed E-state index contributed by atoms with van der Waals surface area (Å²) in [6, 6.07) is 15.9. The molecular weight excluding hydrogens is 391 g/mol. The normalized spacial score (nSPS) is 11.2. The predicted octanol–water partition coefficient (Wildman–Crippen LogP) is 5.28. The summed E-state index contributed by atoms with van der Waals surface area (Å²) in [6.45, 7) is 0. The molecule has 0 atom stereocenters. The van der Waals surface area contributed by atoms with Crippen LogP contribution in [0.15, 0.2) is 77.7 Å². The number of H-pyrrole nitrogens is 1. The van der Waals surface area contributed by atoms with Gasteiger partial charge < -0.3 is 4.98 Å². The van der Waals surface area contributed by atoms with Gasteiger partial charge in [-0.1, -0.05) is 29.8 Å². The van der Waals surface area contributed by atoms with Crippen LogP contribution in [0.4, 0.5) is 4.39 Å². The fourth-order valence-corrected chi connectivity index (χ4v) is 3.31. The second-order valence-corrected chi connectivity index (χ2v) is 6.79. The summed E-state index contributed by atoms with van der Waals surface area (Å²) in [5.74, 6) is -0.901. The van der Waals surface area contributed by atoms with Crippen molar-refractivity contribution in [3.63, 3.8) is 0 Å². The van der Waals surface area contributed by atoms with E-state index < -0.39 is 17.2 Å². The van der Waals surface area contributed by atoms with Crippen molar-refractivity contribution in [1.82, 2.24) is 9.97 Å². The van der Waals surface area contributed by atoms with Crippen LogP contribution in [-0.2, 0) is 0 Å². The Morgan fingerprint density at radius 2 is 1.86 bits per heavy atom. The van der Waals surface area contributed by atoms with E-state index in [0.717, 1.165) is 0 Å². The fourth-order valence-electron chi connectivity index (χ4n) is 3.14. The predicted molar refractivity (Wildman–Crippen MR) is 113 cm³/mol. The molecule has 0 unspecified atom stereocenters. The highest BCUT2D eigenvalue weighted by molar-refractivity contribution is 6.31. The second-order valence-electron chi connectivity index (χ2n) is 6.35. The number of carbonyl (C=O) groups is 1. The maximum Gasteiger partial charge on any atom is 0.260 e. The van der Waals surface area contributed by atoms with Crippen LogP contribution in [-0.4, -0.2) is 15.8 Å². The number of rotatable bonds is 4. The van der Waals surface area contributed by atoms with E-state index in [1.165, 1.54) is 30.3 Å². The molecule has 2 aromatic carbocycles. The third-order valence-electron chi connectivity index (χ3n) is 4.45. The molecular formula is C23H14ClFN2O2. The Hall–Kier alpha value is -3.57. The molecule has 0 saturated heterocycles. The summed E-state index contributed by atoms with van der Waals surface area (Å²) < 4.78 is 13.5. The van der Waals surface area contributed by atoms with Gasteiger partial charge >= 0.3 is 0 Å². The highest BCUT2D eigenvalue weighted by Crippen LogP contribution is 2.32. The van der Waals surface area contributed by atoms with Crippen molar-refractivity contribution in [2.24, 2.45) is 0 Å². The number of nitrogens with zero attached hydrogens (tertiary/aromatic N) is 1. The molecule has 6 heteroatoms. The number of aromatic nitrogens is 2. The lowest BCUT2D eigenvalue weighted by Crippen LogP contribution is -2.18. The quantitative estimate of drug-likeness (QED) is 0.372. The first-order chi connectivity index (χ1) is 14.0. The van der Waals surface area contributed by atoms with Crippen LogP contribution in [0, 0.1) is 5.82 Å². The number of halogens is 2. The average molecular weight is 405 g/mol. The number of fused-ring (bicyclic) bond motifs is 1. The van der Waals surface area contributed by atoms with Gasteiger partial charge in [-0.25, -0.2) is 4.39 Å². The van der Waals surface area contributed by atoms with Gasteiger partial charge in [0, 0.05) is 27.7 Å². The monoisotopic (exact) mass is 404 g/mol. The van der Waals surface area contributed by atoms with Crippen molar-refractivity contribution in [3.8, 4) is 11.1 Å². The maximum absolute atomic E-state index is 13.5. The van der Waals surface area contributed by atoms with Gasteiger partial charge in [0.05, 0.1) is 11.3 Å². The summed E-state index contributed by atoms with van der Waals surface area (Å²) in [5.41, 5.74) is 1.49. The Kier molecular flexibility index (Phi) is 5.06. The number of hydrogen-bond acceptors (Lipinski definition) is 3. The van der Waals surface area contributed by atoms with E-state index >= 15 is 0 Å². The van der Waals surface area contributed by atoms with E-state index in [-0.39, 0.29) is 5.56 Å². The molecule has 1 N–H and O–H groups in total. The topological polar surface area (TPSA) is 62.8 Å². The minimum absolute atomic E-state index is 0.0430. The van der Waals surface area contributed by atoms with Gasteiger partial charge in [0.2, 0.25) is 0 Å². The van der Waals surface area contributed by atoms with Crippen LogP contribution in [0.5, 0.6) is 0 Å². The standard InChI is InChI=1S/C23H14ClFN2O2/c24-15-6-10-19-18(13-15)21(14-4-7-16(25)8-5-14)22(23(29)27-19)20(28)11-9-17-3-1-2-12-26-17/h1-13H,(H,27,29)/b11-9+. The van der Waals surface area contributed by atoms with Gasteiger partial charge in [0.25, 0.3) is 5.56 Å². The molecule has 0 bridgehead atoms. The molecule has 142 valence electrons. The molecule has 0 fully saturated rings. The number of allylic oxidation sites excluding steroid dienone is 1. The van der Waals surface area contributed by atoms with Crippen LogP contribution >= 0.6 is 11.6 Å². The Balaban J connectivity index is 1.95. The first-order valence-corrected chi connectivity index (χ1v) is 9.15. The molecule has 0 aliphatic rings. The molecule has 2 heterocycles. The number of carbonyl (C=O) groups excluding carboxylic acids is 1. The molecule has 29 heavy (non-hydrogen) atoms. The molecule has 0 aliphatic carbocycles. The first kappa shape index (κ1) is 18.8. The zero-order valence-corrected chi connectivity index (χ0v) is 15.8. The van der Waals surface area contributed by atoms with Crippen LogP contribution in [0.1, 0.15) is 16.1 Å². The van der Waals surface area contributed by atoms with Gasteiger partial charge in [-0.2, -0.15) is 0 Å². The lowest BCUT2D eigenvalue weighted by atomic mass is 9.94. The third kappa shape index (κ3) is 3.86. The van der Waals surface area contributed by atoms with E-state index in [4.69, 9.17) is 11.6 Å². The average Bonchev–Trinajstić information content (AvgIpc) is 2.73. The Bertz CT molecular complexity index is 1300. The van der Waals surface area contributed by atoms with Crippen LogP contribution in [0.25, 0.3) is 28.1 Å². The lowest BCUT2D eigenvalue weighted by molar-refractivity contribution is 0.104. The molecule has 0 amide bonds. The SMILES string of the molecule is O=C(/C=C/c1ccccn1)c1c(-c2ccc(F)cc2)c2cc(Cl)ccc2[nH]c1=O. The van der Waals surface area contributed by atoms with E-state index in [1.807, 2.05) is 0 Å². The summed E-state index contributed by atoms with van der Waals surface area (Å²) in [5, 5.41) is 1.05. The van der Waals surface area contributed by atoms with E-state index in [0.29, 0.717) is 32.7 Å². The van der Waals surface area contributed by atoms with Crippen molar-refractivity contribution < 1.29 is 9.18 Å². The number of ketones is 1. The van der Waals surface area contributed by atoms with Crippen LogP contribution in [0.2, 0.25) is 5.02 Å². The van der Waals surface area contributed by atoms with Crippen molar-refractivity contribution in [1.29, 1.82) is 0 Å². The highest BCUT2D eigenvalue weighted by atomic mass is 35.5. The number of benzene rings is 2. The van der Waals surface area contributed by atoms with Gasteiger partial charge in [-0.3, -0.25) is 14.6 Å². The summed E-state index contributed by atoms with van der Waals surface area (Å²) in [4.78, 5) is 32.6. The summed E-state index contributed by atoms with van der Waals surface area (Å²) in [6.07, 6.45) is 4.45. The van der Waals surface area contributed by atoms with Gasteiger partial charge in [-0.05, 0) is 60.2 Å². The molecule has 0 aliphatic heterocycles. The van der Waals surface area contributed by atoms with Gasteiger partial charge in [-0.15, -0.1) is 0 Å². The van der Waals surface area contributed by atoms with Crippen molar-refractivity contribution in [3.05, 3.63) is 105 Å². The first-order valence-electron chi connectivity index (χ1n) is 8.78. The van der Waals surface area contributed by atoms with Crippen molar-refractivity contribution >= 4 is 34.4 Å². The number of pyridine rings is 2. The summed E-state index contributed by atoms with van der Waals surface area (Å²) >= 11 is 6.16. The zero-order valence-electron chi connectivity index (χ0n) is 15.0. The number of nitrogens with one attached hydrogen (secondary N) is 1. The van der Waals surface area contributed by atoms with Crippen molar-refractivity contribution in [2.75, 3.05) is 0 Å². The molecule has 4 nitrogen and oxygen atoms in total. The Labute approximate surface area is 170 Å². The van der Waals surface area contributed by atoms with Gasteiger partial charge in [0.15, 0.2) is 5.78 Å². The molecule has 0 saturated carbocycles. The zero-order chi connectivity index (χ0) is 20.4. The Morgan fingerprint density at radius 1 is 1.07 bits per heavy atom. The smallest absolute Gasteiger partial charge is 0.260 e. The number of hydrogen-bond donors (Lipinski definition) is 1. The molecule has 4 rings (SSSR count).